The molecular weight excluding hydrogens is 274 g/mol. The highest BCUT2D eigenvalue weighted by Crippen LogP contribution is 2.22. The Morgan fingerprint density at radius 1 is 1.40 bits per heavy atom. The van der Waals surface area contributed by atoms with Crippen molar-refractivity contribution in [2.75, 3.05) is 5.32 Å². The Morgan fingerprint density at radius 3 is 2.90 bits per heavy atom. The molecule has 0 saturated carbocycles. The Kier molecular flexibility index (Phi) is 4.90. The number of unbranched alkanes of at least 4 members (excludes halogenated alkanes) is 1. The molecule has 0 amide bonds. The van der Waals surface area contributed by atoms with Crippen molar-refractivity contribution in [3.63, 3.8) is 0 Å². The molecular formula is C15H20ClN3O. The van der Waals surface area contributed by atoms with Gasteiger partial charge >= 0.3 is 0 Å². The highest BCUT2D eigenvalue weighted by molar-refractivity contribution is 6.30. The summed E-state index contributed by atoms with van der Waals surface area (Å²) in [5.41, 5.74) is 2.59. The predicted molar refractivity (Wildman–Crippen MR) is 82.4 cm³/mol. The quantitative estimate of drug-likeness (QED) is 0.753. The lowest BCUT2D eigenvalue weighted by Gasteiger charge is -2.07. The van der Waals surface area contributed by atoms with Crippen molar-refractivity contribution < 1.29 is 5.11 Å². The van der Waals surface area contributed by atoms with Gasteiger partial charge in [0.15, 0.2) is 5.15 Å². The smallest absolute Gasteiger partial charge is 0.152 e. The molecule has 0 fully saturated rings. The summed E-state index contributed by atoms with van der Waals surface area (Å²) in [7, 11) is 0. The first kappa shape index (κ1) is 14.7. The van der Waals surface area contributed by atoms with Gasteiger partial charge in [0.05, 0.1) is 12.2 Å². The fraction of sp³-hybridized carbons (Fsp3) is 0.400. The Labute approximate surface area is 124 Å². The van der Waals surface area contributed by atoms with Crippen LogP contribution in [0.2, 0.25) is 5.15 Å². The molecule has 0 atom stereocenters. The van der Waals surface area contributed by atoms with Crippen molar-refractivity contribution in [1.29, 1.82) is 0 Å². The maximum Gasteiger partial charge on any atom is 0.152 e. The minimum absolute atomic E-state index is 0.286. The fourth-order valence-electron chi connectivity index (χ4n) is 1.93. The van der Waals surface area contributed by atoms with Gasteiger partial charge in [0, 0.05) is 18.2 Å². The lowest BCUT2D eigenvalue weighted by atomic mass is 10.2. The second-order valence-electron chi connectivity index (χ2n) is 4.91. The van der Waals surface area contributed by atoms with E-state index in [1.165, 1.54) is 0 Å². The van der Waals surface area contributed by atoms with Crippen LogP contribution in [0.15, 0.2) is 18.2 Å². The van der Waals surface area contributed by atoms with E-state index in [-0.39, 0.29) is 5.75 Å². The maximum absolute atomic E-state index is 9.67. The van der Waals surface area contributed by atoms with Crippen LogP contribution in [-0.4, -0.2) is 15.1 Å². The molecule has 3 N–H and O–H groups in total. The number of rotatable bonds is 6. The molecule has 0 aliphatic heterocycles. The van der Waals surface area contributed by atoms with Crippen LogP contribution in [0.1, 0.15) is 36.8 Å². The fourth-order valence-corrected chi connectivity index (χ4v) is 2.15. The van der Waals surface area contributed by atoms with Gasteiger partial charge in [-0.2, -0.15) is 0 Å². The Morgan fingerprint density at radius 2 is 2.20 bits per heavy atom. The average molecular weight is 294 g/mol. The number of phenols is 1. The number of hydrogen-bond acceptors (Lipinski definition) is 3. The van der Waals surface area contributed by atoms with Gasteiger partial charge in [0.25, 0.3) is 0 Å². The van der Waals surface area contributed by atoms with Crippen molar-refractivity contribution in [1.82, 2.24) is 9.97 Å². The summed E-state index contributed by atoms with van der Waals surface area (Å²) in [6.45, 7) is 4.57. The summed E-state index contributed by atoms with van der Waals surface area (Å²) < 4.78 is 0. The topological polar surface area (TPSA) is 60.9 Å². The van der Waals surface area contributed by atoms with Gasteiger partial charge < -0.3 is 15.4 Å². The Hall–Kier alpha value is -1.68. The zero-order valence-corrected chi connectivity index (χ0v) is 12.6. The SMILES string of the molecule is CCCCc1nc(Cl)c(CNc2ccc(C)c(O)c2)[nH]1. The highest BCUT2D eigenvalue weighted by atomic mass is 35.5. The summed E-state index contributed by atoms with van der Waals surface area (Å²) in [5.74, 6) is 1.22. The zero-order valence-electron chi connectivity index (χ0n) is 11.8. The minimum atomic E-state index is 0.286. The van der Waals surface area contributed by atoms with Crippen LogP contribution >= 0.6 is 11.6 Å². The van der Waals surface area contributed by atoms with Crippen LogP contribution in [0.4, 0.5) is 5.69 Å². The van der Waals surface area contributed by atoms with E-state index >= 15 is 0 Å². The van der Waals surface area contributed by atoms with Crippen LogP contribution in [0.3, 0.4) is 0 Å². The number of aromatic nitrogens is 2. The third-order valence-electron chi connectivity index (χ3n) is 3.22. The molecule has 0 bridgehead atoms. The van der Waals surface area contributed by atoms with Crippen LogP contribution in [0, 0.1) is 6.92 Å². The summed E-state index contributed by atoms with van der Waals surface area (Å²) in [6, 6.07) is 5.51. The van der Waals surface area contributed by atoms with Gasteiger partial charge in [0.2, 0.25) is 0 Å². The third kappa shape index (κ3) is 3.67. The summed E-state index contributed by atoms with van der Waals surface area (Å²) >= 11 is 6.11. The zero-order chi connectivity index (χ0) is 14.5. The molecule has 1 aromatic carbocycles. The number of anilines is 1. The van der Waals surface area contributed by atoms with E-state index in [0.717, 1.165) is 42.0 Å². The number of H-pyrrole nitrogens is 1. The number of nitrogens with zero attached hydrogens (tertiary/aromatic N) is 1. The van der Waals surface area contributed by atoms with E-state index in [1.54, 1.807) is 6.07 Å². The number of aryl methyl sites for hydroxylation is 2. The highest BCUT2D eigenvalue weighted by Gasteiger charge is 2.08. The molecule has 4 nitrogen and oxygen atoms in total. The number of halogens is 1. The van der Waals surface area contributed by atoms with E-state index in [1.807, 2.05) is 19.1 Å². The molecule has 0 unspecified atom stereocenters. The van der Waals surface area contributed by atoms with Crippen molar-refractivity contribution in [2.24, 2.45) is 0 Å². The molecule has 1 aromatic heterocycles. The van der Waals surface area contributed by atoms with Crippen molar-refractivity contribution >= 4 is 17.3 Å². The summed E-state index contributed by atoms with van der Waals surface area (Å²) in [6.07, 6.45) is 3.15. The molecule has 108 valence electrons. The molecule has 2 rings (SSSR count). The average Bonchev–Trinajstić information content (AvgIpc) is 2.78. The largest absolute Gasteiger partial charge is 0.508 e. The summed E-state index contributed by atoms with van der Waals surface area (Å²) in [4.78, 5) is 7.56. The number of aromatic hydroxyl groups is 1. The van der Waals surface area contributed by atoms with Gasteiger partial charge in [-0.05, 0) is 25.0 Å². The molecule has 5 heteroatoms. The van der Waals surface area contributed by atoms with E-state index < -0.39 is 0 Å². The second-order valence-corrected chi connectivity index (χ2v) is 5.27. The normalized spacial score (nSPS) is 10.8. The van der Waals surface area contributed by atoms with E-state index in [2.05, 4.69) is 22.2 Å². The van der Waals surface area contributed by atoms with Gasteiger partial charge in [-0.25, -0.2) is 4.98 Å². The number of benzene rings is 1. The van der Waals surface area contributed by atoms with Crippen LogP contribution < -0.4 is 5.32 Å². The van der Waals surface area contributed by atoms with Gasteiger partial charge in [0.1, 0.15) is 11.6 Å². The molecule has 20 heavy (non-hydrogen) atoms. The number of aromatic amines is 1. The second kappa shape index (κ2) is 6.66. The van der Waals surface area contributed by atoms with Gasteiger partial charge in [-0.15, -0.1) is 0 Å². The van der Waals surface area contributed by atoms with Crippen LogP contribution in [-0.2, 0) is 13.0 Å². The number of hydrogen-bond donors (Lipinski definition) is 3. The Bertz CT molecular complexity index is 580. The van der Waals surface area contributed by atoms with E-state index in [0.29, 0.717) is 11.7 Å². The predicted octanol–water partition coefficient (Wildman–Crippen LogP) is 4.03. The number of phenolic OH excluding ortho intramolecular Hbond substituents is 1. The third-order valence-corrected chi connectivity index (χ3v) is 3.54. The number of nitrogens with one attached hydrogen (secondary N) is 2. The monoisotopic (exact) mass is 293 g/mol. The number of imidazole rings is 1. The van der Waals surface area contributed by atoms with E-state index in [4.69, 9.17) is 11.6 Å². The van der Waals surface area contributed by atoms with Crippen molar-refractivity contribution in [3.05, 3.63) is 40.4 Å². The Balaban J connectivity index is 1.99. The first-order valence-electron chi connectivity index (χ1n) is 6.87. The standard InChI is InChI=1S/C15H20ClN3O/c1-3-4-5-14-18-12(15(16)19-14)9-17-11-7-6-10(2)13(20)8-11/h6-8,17,20H,3-5,9H2,1-2H3,(H,18,19). The molecule has 0 aliphatic rings. The van der Waals surface area contributed by atoms with Crippen LogP contribution in [0.25, 0.3) is 0 Å². The maximum atomic E-state index is 9.67. The molecule has 0 radical (unpaired) electrons. The summed E-state index contributed by atoms with van der Waals surface area (Å²) in [5, 5.41) is 13.4. The lowest BCUT2D eigenvalue weighted by Crippen LogP contribution is -2.00. The van der Waals surface area contributed by atoms with Gasteiger partial charge in [-0.1, -0.05) is 31.0 Å². The minimum Gasteiger partial charge on any atom is -0.508 e. The molecule has 2 aromatic rings. The van der Waals surface area contributed by atoms with Crippen molar-refractivity contribution in [3.8, 4) is 5.75 Å². The molecule has 0 aliphatic carbocycles. The molecule has 0 spiro atoms. The first-order valence-corrected chi connectivity index (χ1v) is 7.24. The first-order chi connectivity index (χ1) is 9.60. The van der Waals surface area contributed by atoms with Crippen molar-refractivity contribution in [2.45, 2.75) is 39.7 Å². The van der Waals surface area contributed by atoms with Crippen LogP contribution in [0.5, 0.6) is 5.75 Å². The molecule has 0 saturated heterocycles. The molecule has 1 heterocycles. The lowest BCUT2D eigenvalue weighted by molar-refractivity contribution is 0.471. The van der Waals surface area contributed by atoms with Gasteiger partial charge in [-0.3, -0.25) is 0 Å². The van der Waals surface area contributed by atoms with E-state index in [9.17, 15) is 5.11 Å².